The Hall–Kier alpha value is -2.24. The van der Waals surface area contributed by atoms with Gasteiger partial charge in [-0.15, -0.1) is 0 Å². The number of aliphatic imine (C=N–C) groups is 2. The molecule has 0 saturated carbocycles. The van der Waals surface area contributed by atoms with E-state index in [9.17, 15) is 9.18 Å². The topological polar surface area (TPSA) is 63.0 Å². The zero-order chi connectivity index (χ0) is 17.0. The number of rotatable bonds is 4. The molecule has 2 atom stereocenters. The van der Waals surface area contributed by atoms with Crippen LogP contribution >= 0.6 is 0 Å². The Balaban J connectivity index is 2.52. The number of guanidine groups is 1. The fraction of sp³-hybridized carbons (Fsp3) is 0.471. The van der Waals surface area contributed by atoms with E-state index >= 15 is 0 Å². The number of nitrogens with one attached hydrogen (secondary N) is 1. The Kier molecular flexibility index (Phi) is 5.47. The van der Waals surface area contributed by atoms with Crippen LogP contribution in [-0.4, -0.2) is 37.3 Å². The van der Waals surface area contributed by atoms with Crippen LogP contribution in [0.1, 0.15) is 26.3 Å². The monoisotopic (exact) mass is 319 g/mol. The molecule has 1 heterocycles. The maximum atomic E-state index is 13.2. The smallest absolute Gasteiger partial charge is 0.317 e. The summed E-state index contributed by atoms with van der Waals surface area (Å²) in [4.78, 5) is 21.1. The number of hydrogen-bond acceptors (Lipinski definition) is 3. The molecule has 0 spiro atoms. The van der Waals surface area contributed by atoms with Gasteiger partial charge in [0.1, 0.15) is 11.7 Å². The molecule has 6 heteroatoms. The van der Waals surface area contributed by atoms with Crippen LogP contribution in [0.15, 0.2) is 34.3 Å². The molecule has 2 unspecified atom stereocenters. The quantitative estimate of drug-likeness (QED) is 0.867. The first-order chi connectivity index (χ1) is 11.0. The van der Waals surface area contributed by atoms with E-state index in [4.69, 9.17) is 4.74 Å². The molecule has 2 rings (SSSR count). The summed E-state index contributed by atoms with van der Waals surface area (Å²) in [6.45, 7) is 6.10. The third-order valence-corrected chi connectivity index (χ3v) is 3.79. The largest absolute Gasteiger partial charge is 0.465 e. The third kappa shape index (κ3) is 3.75. The molecule has 1 aliphatic heterocycles. The fourth-order valence-electron chi connectivity index (χ4n) is 2.64. The zero-order valence-corrected chi connectivity index (χ0v) is 13.8. The minimum absolute atomic E-state index is 0.159. The summed E-state index contributed by atoms with van der Waals surface area (Å²) in [7, 11) is 1.64. The Morgan fingerprint density at radius 2 is 2.04 bits per heavy atom. The second-order valence-electron chi connectivity index (χ2n) is 5.70. The van der Waals surface area contributed by atoms with Crippen LogP contribution in [0, 0.1) is 17.7 Å². The Bertz CT molecular complexity index is 623. The van der Waals surface area contributed by atoms with Crippen molar-refractivity contribution in [3.8, 4) is 0 Å². The summed E-state index contributed by atoms with van der Waals surface area (Å²) >= 11 is 0. The number of carbonyl (C=O) groups excluding carboxylic acids is 1. The summed E-state index contributed by atoms with van der Waals surface area (Å²) in [5.74, 6) is -0.612. The summed E-state index contributed by atoms with van der Waals surface area (Å²) in [6, 6.07) is 5.77. The predicted molar refractivity (Wildman–Crippen MR) is 88.2 cm³/mol. The number of carbonyl (C=O) groups is 1. The zero-order valence-electron chi connectivity index (χ0n) is 13.8. The van der Waals surface area contributed by atoms with Crippen LogP contribution in [0.25, 0.3) is 0 Å². The summed E-state index contributed by atoms with van der Waals surface area (Å²) in [5, 5.41) is 3.19. The van der Waals surface area contributed by atoms with Crippen molar-refractivity contribution < 1.29 is 13.9 Å². The molecule has 0 radical (unpaired) electrons. The van der Waals surface area contributed by atoms with Crippen LogP contribution in [0.3, 0.4) is 0 Å². The van der Waals surface area contributed by atoms with Crippen molar-refractivity contribution in [1.82, 2.24) is 5.32 Å². The van der Waals surface area contributed by atoms with Crippen molar-refractivity contribution >= 4 is 17.6 Å². The van der Waals surface area contributed by atoms with Crippen molar-refractivity contribution in [3.63, 3.8) is 0 Å². The standard InChI is InChI=1S/C17H22FN3O2/c1-5-23-16(22)13-14(10(2)3)20-17(19-4)21-15(13)11-6-8-12(18)9-7-11/h6-10,13-14H,5H2,1-4H3,(H,19,20). The van der Waals surface area contributed by atoms with Crippen molar-refractivity contribution in [2.75, 3.05) is 13.7 Å². The first kappa shape index (κ1) is 17.1. The van der Waals surface area contributed by atoms with Gasteiger partial charge in [-0.1, -0.05) is 26.0 Å². The molecule has 1 N–H and O–H groups in total. The molecule has 0 bridgehead atoms. The van der Waals surface area contributed by atoms with Gasteiger partial charge < -0.3 is 10.1 Å². The van der Waals surface area contributed by atoms with Gasteiger partial charge in [-0.25, -0.2) is 9.38 Å². The predicted octanol–water partition coefficient (Wildman–Crippen LogP) is 2.41. The molecule has 0 aliphatic carbocycles. The maximum Gasteiger partial charge on any atom is 0.317 e. The Morgan fingerprint density at radius 3 is 2.57 bits per heavy atom. The summed E-state index contributed by atoms with van der Waals surface area (Å²) in [6.07, 6.45) is 0. The van der Waals surface area contributed by atoms with Crippen molar-refractivity contribution in [2.45, 2.75) is 26.8 Å². The van der Waals surface area contributed by atoms with Crippen molar-refractivity contribution in [1.29, 1.82) is 0 Å². The number of ether oxygens (including phenoxy) is 1. The van der Waals surface area contributed by atoms with Gasteiger partial charge in [-0.3, -0.25) is 9.79 Å². The minimum atomic E-state index is -0.564. The SMILES string of the molecule is CCOC(=O)C1C(c2ccc(F)cc2)=NC(=NC)NC1C(C)C. The van der Waals surface area contributed by atoms with Crippen molar-refractivity contribution in [2.24, 2.45) is 21.8 Å². The fourth-order valence-corrected chi connectivity index (χ4v) is 2.64. The molecule has 23 heavy (non-hydrogen) atoms. The molecule has 0 amide bonds. The lowest BCUT2D eigenvalue weighted by Gasteiger charge is -2.34. The highest BCUT2D eigenvalue weighted by molar-refractivity contribution is 6.17. The number of hydrogen-bond donors (Lipinski definition) is 1. The maximum absolute atomic E-state index is 13.2. The number of benzene rings is 1. The van der Waals surface area contributed by atoms with Gasteiger partial charge in [0.25, 0.3) is 0 Å². The van der Waals surface area contributed by atoms with E-state index in [1.807, 2.05) is 13.8 Å². The second kappa shape index (κ2) is 7.35. The lowest BCUT2D eigenvalue weighted by molar-refractivity contribution is -0.146. The average molecular weight is 319 g/mol. The van der Waals surface area contributed by atoms with E-state index in [0.717, 1.165) is 0 Å². The molecule has 1 aliphatic rings. The van der Waals surface area contributed by atoms with Gasteiger partial charge in [-0.05, 0) is 30.5 Å². The highest BCUT2D eigenvalue weighted by Crippen LogP contribution is 2.24. The molecule has 1 aromatic rings. The van der Waals surface area contributed by atoms with Gasteiger partial charge in [0.2, 0.25) is 5.96 Å². The Labute approximate surface area is 135 Å². The van der Waals surface area contributed by atoms with Gasteiger partial charge >= 0.3 is 5.97 Å². The van der Waals surface area contributed by atoms with Gasteiger partial charge in [0.15, 0.2) is 0 Å². The van der Waals surface area contributed by atoms with Crippen LogP contribution in [0.5, 0.6) is 0 Å². The average Bonchev–Trinajstić information content (AvgIpc) is 2.54. The molecular formula is C17H22FN3O2. The molecule has 124 valence electrons. The van der Waals surface area contributed by atoms with E-state index in [1.165, 1.54) is 12.1 Å². The number of esters is 1. The van der Waals surface area contributed by atoms with Crippen molar-refractivity contribution in [3.05, 3.63) is 35.6 Å². The molecule has 0 aromatic heterocycles. The highest BCUT2D eigenvalue weighted by atomic mass is 19.1. The summed E-state index contributed by atoms with van der Waals surface area (Å²) in [5.41, 5.74) is 1.25. The lowest BCUT2D eigenvalue weighted by atomic mass is 9.83. The van der Waals surface area contributed by atoms with Crippen LogP contribution in [-0.2, 0) is 9.53 Å². The molecule has 5 nitrogen and oxygen atoms in total. The molecule has 0 fully saturated rings. The van der Waals surface area contributed by atoms with Gasteiger partial charge in [0, 0.05) is 7.05 Å². The molecular weight excluding hydrogens is 297 g/mol. The third-order valence-electron chi connectivity index (χ3n) is 3.79. The van der Waals surface area contributed by atoms with E-state index in [0.29, 0.717) is 23.8 Å². The van der Waals surface area contributed by atoms with Gasteiger partial charge in [0.05, 0.1) is 18.4 Å². The first-order valence-electron chi connectivity index (χ1n) is 7.72. The number of nitrogens with zero attached hydrogens (tertiary/aromatic N) is 2. The van der Waals surface area contributed by atoms with Gasteiger partial charge in [-0.2, -0.15) is 0 Å². The normalized spacial score (nSPS) is 22.7. The lowest BCUT2D eigenvalue weighted by Crippen LogP contribution is -2.53. The Morgan fingerprint density at radius 1 is 1.39 bits per heavy atom. The summed E-state index contributed by atoms with van der Waals surface area (Å²) < 4.78 is 18.4. The first-order valence-corrected chi connectivity index (χ1v) is 7.72. The minimum Gasteiger partial charge on any atom is -0.465 e. The van der Waals surface area contributed by atoms with E-state index in [1.54, 1.807) is 26.1 Å². The van der Waals surface area contributed by atoms with Crippen LogP contribution < -0.4 is 5.32 Å². The second-order valence-corrected chi connectivity index (χ2v) is 5.70. The van der Waals surface area contributed by atoms with Crippen LogP contribution in [0.4, 0.5) is 4.39 Å². The highest BCUT2D eigenvalue weighted by Gasteiger charge is 2.40. The van der Waals surface area contributed by atoms with E-state index < -0.39 is 5.92 Å². The molecule has 0 saturated heterocycles. The number of halogens is 1. The van der Waals surface area contributed by atoms with E-state index in [2.05, 4.69) is 15.3 Å². The van der Waals surface area contributed by atoms with Crippen LogP contribution in [0.2, 0.25) is 0 Å². The molecule has 1 aromatic carbocycles. The van der Waals surface area contributed by atoms with E-state index in [-0.39, 0.29) is 23.7 Å².